The van der Waals surface area contributed by atoms with Crippen molar-refractivity contribution in [1.82, 2.24) is 0 Å². The van der Waals surface area contributed by atoms with E-state index in [-0.39, 0.29) is 5.78 Å². The van der Waals surface area contributed by atoms with Crippen molar-refractivity contribution in [3.8, 4) is 6.07 Å². The zero-order valence-electron chi connectivity index (χ0n) is 10.2. The summed E-state index contributed by atoms with van der Waals surface area (Å²) in [5.74, 6) is -0.103. The molecule has 0 heterocycles. The van der Waals surface area contributed by atoms with E-state index in [1.54, 1.807) is 24.3 Å². The third-order valence-corrected chi connectivity index (χ3v) is 3.86. The van der Waals surface area contributed by atoms with Crippen LogP contribution in [-0.4, -0.2) is 5.78 Å². The highest BCUT2D eigenvalue weighted by Gasteiger charge is 2.13. The summed E-state index contributed by atoms with van der Waals surface area (Å²) in [5, 5.41) is 9.73. The number of nitriles is 1. The monoisotopic (exact) mass is 287 g/mol. The summed E-state index contributed by atoms with van der Waals surface area (Å²) in [4.78, 5) is 13.5. The van der Waals surface area contributed by atoms with E-state index in [4.69, 9.17) is 16.9 Å². The van der Waals surface area contributed by atoms with Gasteiger partial charge in [-0.25, -0.2) is 0 Å². The average Bonchev–Trinajstić information content (AvgIpc) is 2.40. The molecule has 0 aliphatic rings. The molecule has 0 saturated carbocycles. The molecule has 0 fully saturated rings. The first-order chi connectivity index (χ1) is 9.11. The molecule has 0 unspecified atom stereocenters. The molecule has 19 heavy (non-hydrogen) atoms. The van der Waals surface area contributed by atoms with Gasteiger partial charge >= 0.3 is 0 Å². The second-order valence-electron chi connectivity index (χ2n) is 3.90. The minimum Gasteiger partial charge on any atom is -0.294 e. The highest BCUT2D eigenvalue weighted by molar-refractivity contribution is 7.99. The summed E-state index contributed by atoms with van der Waals surface area (Å²) >= 11 is 7.29. The largest absolute Gasteiger partial charge is 0.294 e. The fraction of sp³-hybridized carbons (Fsp3) is 0.0667. The first kappa shape index (κ1) is 13.7. The Kier molecular flexibility index (Phi) is 4.26. The Balaban J connectivity index is 2.43. The Labute approximate surface area is 121 Å². The summed E-state index contributed by atoms with van der Waals surface area (Å²) in [6.45, 7) is 1.47. The standard InChI is InChI=1S/C15H10ClNOS/c1-10(18)15-11(9-17)3-2-4-14(15)19-13-7-5-12(16)6-8-13/h2-8H,1H3. The lowest BCUT2D eigenvalue weighted by Gasteiger charge is -2.08. The number of ketones is 1. The van der Waals surface area contributed by atoms with Crippen LogP contribution in [0.3, 0.4) is 0 Å². The molecule has 0 radical (unpaired) electrons. The van der Waals surface area contributed by atoms with Crippen molar-refractivity contribution in [2.75, 3.05) is 0 Å². The third-order valence-electron chi connectivity index (χ3n) is 2.54. The molecule has 0 atom stereocenters. The molecule has 94 valence electrons. The molecule has 0 spiro atoms. The summed E-state index contributed by atoms with van der Waals surface area (Å²) < 4.78 is 0. The van der Waals surface area contributed by atoms with Crippen molar-refractivity contribution in [2.45, 2.75) is 16.7 Å². The molecular weight excluding hydrogens is 278 g/mol. The third kappa shape index (κ3) is 3.17. The molecule has 0 saturated heterocycles. The van der Waals surface area contributed by atoms with Crippen molar-refractivity contribution < 1.29 is 4.79 Å². The van der Waals surface area contributed by atoms with Gasteiger partial charge in [0.05, 0.1) is 11.6 Å². The van der Waals surface area contributed by atoms with E-state index in [0.29, 0.717) is 16.1 Å². The molecule has 0 aliphatic heterocycles. The van der Waals surface area contributed by atoms with Crippen molar-refractivity contribution in [2.24, 2.45) is 0 Å². The molecule has 0 amide bonds. The first-order valence-corrected chi connectivity index (χ1v) is 6.78. The van der Waals surface area contributed by atoms with E-state index in [2.05, 4.69) is 6.07 Å². The van der Waals surface area contributed by atoms with Gasteiger partial charge in [-0.3, -0.25) is 4.79 Å². The maximum atomic E-state index is 11.7. The minimum atomic E-state index is -0.103. The van der Waals surface area contributed by atoms with E-state index < -0.39 is 0 Å². The molecule has 0 aromatic heterocycles. The van der Waals surface area contributed by atoms with Crippen LogP contribution in [-0.2, 0) is 0 Å². The van der Waals surface area contributed by atoms with Crippen LogP contribution in [0.25, 0.3) is 0 Å². The number of nitrogens with zero attached hydrogens (tertiary/aromatic N) is 1. The van der Waals surface area contributed by atoms with Gasteiger partial charge in [-0.1, -0.05) is 29.4 Å². The van der Waals surface area contributed by atoms with Gasteiger partial charge in [0.15, 0.2) is 5.78 Å². The topological polar surface area (TPSA) is 40.9 Å². The second-order valence-corrected chi connectivity index (χ2v) is 5.45. The van der Waals surface area contributed by atoms with Gasteiger partial charge in [0, 0.05) is 20.4 Å². The summed E-state index contributed by atoms with van der Waals surface area (Å²) in [5.41, 5.74) is 0.886. The van der Waals surface area contributed by atoms with Crippen LogP contribution >= 0.6 is 23.4 Å². The number of hydrogen-bond donors (Lipinski definition) is 0. The number of halogens is 1. The van der Waals surface area contributed by atoms with Crippen molar-refractivity contribution in [3.63, 3.8) is 0 Å². The van der Waals surface area contributed by atoms with Crippen molar-refractivity contribution in [1.29, 1.82) is 5.26 Å². The van der Waals surface area contributed by atoms with Crippen LogP contribution in [0.2, 0.25) is 5.02 Å². The Morgan fingerprint density at radius 2 is 1.89 bits per heavy atom. The average molecular weight is 288 g/mol. The van der Waals surface area contributed by atoms with E-state index in [1.165, 1.54) is 18.7 Å². The Hall–Kier alpha value is -1.76. The maximum Gasteiger partial charge on any atom is 0.162 e. The molecular formula is C15H10ClNOS. The summed E-state index contributed by atoms with van der Waals surface area (Å²) in [7, 11) is 0. The second kappa shape index (κ2) is 5.92. The zero-order chi connectivity index (χ0) is 13.8. The number of Topliss-reactive ketones (excluding diaryl/α,β-unsaturated/α-hetero) is 1. The lowest BCUT2D eigenvalue weighted by molar-refractivity contribution is 0.101. The lowest BCUT2D eigenvalue weighted by atomic mass is 10.1. The predicted octanol–water partition coefficient (Wildman–Crippen LogP) is 4.57. The van der Waals surface area contributed by atoms with Crippen LogP contribution in [0.15, 0.2) is 52.3 Å². The zero-order valence-corrected chi connectivity index (χ0v) is 11.8. The highest BCUT2D eigenvalue weighted by atomic mass is 35.5. The van der Waals surface area contributed by atoms with Gasteiger partial charge in [-0.15, -0.1) is 0 Å². The van der Waals surface area contributed by atoms with Gasteiger partial charge < -0.3 is 0 Å². The number of carbonyl (C=O) groups is 1. The number of rotatable bonds is 3. The van der Waals surface area contributed by atoms with Gasteiger partial charge in [-0.2, -0.15) is 5.26 Å². The van der Waals surface area contributed by atoms with Crippen LogP contribution < -0.4 is 0 Å². The molecule has 0 bridgehead atoms. The Bertz CT molecular complexity index is 659. The highest BCUT2D eigenvalue weighted by Crippen LogP contribution is 2.32. The smallest absolute Gasteiger partial charge is 0.162 e. The van der Waals surface area contributed by atoms with Crippen LogP contribution in [0.4, 0.5) is 0 Å². The lowest BCUT2D eigenvalue weighted by Crippen LogP contribution is -1.99. The van der Waals surface area contributed by atoms with Gasteiger partial charge in [-0.05, 0) is 43.3 Å². The molecule has 4 heteroatoms. The van der Waals surface area contributed by atoms with E-state index in [1.807, 2.05) is 18.2 Å². The summed E-state index contributed by atoms with van der Waals surface area (Å²) in [6.07, 6.45) is 0. The van der Waals surface area contributed by atoms with Crippen LogP contribution in [0, 0.1) is 11.3 Å². The fourth-order valence-corrected chi connectivity index (χ4v) is 2.86. The molecule has 2 rings (SSSR count). The SMILES string of the molecule is CC(=O)c1c(C#N)cccc1Sc1ccc(Cl)cc1. The Morgan fingerprint density at radius 1 is 1.21 bits per heavy atom. The van der Waals surface area contributed by atoms with Crippen molar-refractivity contribution in [3.05, 3.63) is 58.6 Å². The number of carbonyl (C=O) groups excluding carboxylic acids is 1. The van der Waals surface area contributed by atoms with Crippen molar-refractivity contribution >= 4 is 29.1 Å². The summed E-state index contributed by atoms with van der Waals surface area (Å²) in [6, 6.07) is 14.7. The molecule has 0 aliphatic carbocycles. The first-order valence-electron chi connectivity index (χ1n) is 5.59. The van der Waals surface area contributed by atoms with E-state index in [0.717, 1.165) is 9.79 Å². The normalized spacial score (nSPS) is 9.95. The number of hydrogen-bond acceptors (Lipinski definition) is 3. The van der Waals surface area contributed by atoms with Gasteiger partial charge in [0.2, 0.25) is 0 Å². The minimum absolute atomic E-state index is 0.103. The molecule has 2 aromatic carbocycles. The fourth-order valence-electron chi connectivity index (χ4n) is 1.70. The Morgan fingerprint density at radius 3 is 2.47 bits per heavy atom. The molecule has 2 aromatic rings. The maximum absolute atomic E-state index is 11.7. The van der Waals surface area contributed by atoms with E-state index in [9.17, 15) is 4.79 Å². The van der Waals surface area contributed by atoms with Crippen LogP contribution in [0.1, 0.15) is 22.8 Å². The van der Waals surface area contributed by atoms with Gasteiger partial charge in [0.25, 0.3) is 0 Å². The predicted molar refractivity (Wildman–Crippen MR) is 76.7 cm³/mol. The van der Waals surface area contributed by atoms with Gasteiger partial charge in [0.1, 0.15) is 0 Å². The van der Waals surface area contributed by atoms with Crippen LogP contribution in [0.5, 0.6) is 0 Å². The number of benzene rings is 2. The molecule has 0 N–H and O–H groups in total. The quantitative estimate of drug-likeness (QED) is 0.777. The molecule has 2 nitrogen and oxygen atoms in total. The van der Waals surface area contributed by atoms with E-state index >= 15 is 0 Å².